The Hall–Kier alpha value is -2.82. The molecular weight excluding hydrogens is 294 g/mol. The van der Waals surface area contributed by atoms with Crippen molar-refractivity contribution in [3.05, 3.63) is 59.2 Å². The smallest absolute Gasteiger partial charge is 0.337 e. The van der Waals surface area contributed by atoms with Gasteiger partial charge in [0.15, 0.2) is 0 Å². The third-order valence-electron chi connectivity index (χ3n) is 3.56. The van der Waals surface area contributed by atoms with Gasteiger partial charge in [0.05, 0.1) is 22.5 Å². The molecule has 2 rings (SSSR count). The van der Waals surface area contributed by atoms with Crippen LogP contribution < -0.4 is 5.32 Å². The molecule has 2 aromatic rings. The van der Waals surface area contributed by atoms with E-state index in [-0.39, 0.29) is 11.1 Å². The zero-order valence-electron chi connectivity index (χ0n) is 12.9. The van der Waals surface area contributed by atoms with Crippen molar-refractivity contribution in [1.29, 1.82) is 0 Å². The van der Waals surface area contributed by atoms with E-state index in [1.165, 1.54) is 6.07 Å². The minimum absolute atomic E-state index is 0.0962. The van der Waals surface area contributed by atoms with E-state index in [0.717, 1.165) is 24.8 Å². The molecule has 0 atom stereocenters. The number of benzene rings is 2. The van der Waals surface area contributed by atoms with Crippen molar-refractivity contribution in [3.8, 4) is 0 Å². The molecule has 5 nitrogen and oxygen atoms in total. The second-order valence-electron chi connectivity index (χ2n) is 5.26. The fraction of sp³-hybridized carbons (Fsp3) is 0.222. The van der Waals surface area contributed by atoms with Crippen LogP contribution in [0.2, 0.25) is 0 Å². The van der Waals surface area contributed by atoms with Crippen LogP contribution in [0.25, 0.3) is 0 Å². The van der Waals surface area contributed by atoms with E-state index in [9.17, 15) is 19.8 Å². The van der Waals surface area contributed by atoms with Crippen LogP contribution in [0.15, 0.2) is 42.5 Å². The number of hydrogen-bond donors (Lipinski definition) is 3. The molecule has 0 aromatic heterocycles. The molecule has 0 heterocycles. The molecule has 0 spiro atoms. The van der Waals surface area contributed by atoms with Gasteiger partial charge in [-0.3, -0.25) is 0 Å². The highest BCUT2D eigenvalue weighted by atomic mass is 16.4. The van der Waals surface area contributed by atoms with Crippen LogP contribution in [0.1, 0.15) is 46.0 Å². The van der Waals surface area contributed by atoms with E-state index < -0.39 is 11.9 Å². The molecule has 0 radical (unpaired) electrons. The van der Waals surface area contributed by atoms with E-state index in [4.69, 9.17) is 0 Å². The topological polar surface area (TPSA) is 86.6 Å². The average molecular weight is 313 g/mol. The molecule has 0 unspecified atom stereocenters. The van der Waals surface area contributed by atoms with Crippen molar-refractivity contribution in [3.63, 3.8) is 0 Å². The lowest BCUT2D eigenvalue weighted by Crippen LogP contribution is -2.07. The monoisotopic (exact) mass is 313 g/mol. The Balaban J connectivity index is 2.36. The number of carbonyl (C=O) groups is 2. The molecule has 5 heteroatoms. The number of para-hydroxylation sites is 1. The quantitative estimate of drug-likeness (QED) is 0.714. The Morgan fingerprint density at radius 3 is 2.26 bits per heavy atom. The largest absolute Gasteiger partial charge is 0.478 e. The van der Waals surface area contributed by atoms with Gasteiger partial charge < -0.3 is 15.5 Å². The Morgan fingerprint density at radius 2 is 1.61 bits per heavy atom. The third-order valence-corrected chi connectivity index (χ3v) is 3.56. The predicted molar refractivity (Wildman–Crippen MR) is 88.7 cm³/mol. The molecule has 3 N–H and O–H groups in total. The van der Waals surface area contributed by atoms with Crippen LogP contribution in [0.4, 0.5) is 11.4 Å². The van der Waals surface area contributed by atoms with Gasteiger partial charge in [-0.25, -0.2) is 9.59 Å². The van der Waals surface area contributed by atoms with Crippen molar-refractivity contribution in [2.75, 3.05) is 5.32 Å². The summed E-state index contributed by atoms with van der Waals surface area (Å²) in [6.45, 7) is 2.08. The summed E-state index contributed by atoms with van der Waals surface area (Å²) < 4.78 is 0. The molecule has 0 saturated heterocycles. The highest BCUT2D eigenvalue weighted by molar-refractivity contribution is 5.98. The van der Waals surface area contributed by atoms with Crippen molar-refractivity contribution in [1.82, 2.24) is 0 Å². The van der Waals surface area contributed by atoms with Crippen LogP contribution in [0.3, 0.4) is 0 Å². The van der Waals surface area contributed by atoms with Gasteiger partial charge in [0.2, 0.25) is 0 Å². The Labute approximate surface area is 134 Å². The molecule has 2 aromatic carbocycles. The summed E-state index contributed by atoms with van der Waals surface area (Å²) in [4.78, 5) is 22.7. The van der Waals surface area contributed by atoms with Crippen LogP contribution in [0.5, 0.6) is 0 Å². The summed E-state index contributed by atoms with van der Waals surface area (Å²) >= 11 is 0. The molecule has 0 aliphatic rings. The predicted octanol–water partition coefficient (Wildman–Crippen LogP) is 4.17. The molecule has 0 bridgehead atoms. The lowest BCUT2D eigenvalue weighted by Gasteiger charge is -2.13. The van der Waals surface area contributed by atoms with Gasteiger partial charge in [-0.2, -0.15) is 0 Å². The summed E-state index contributed by atoms with van der Waals surface area (Å²) in [6.07, 6.45) is 2.85. The summed E-state index contributed by atoms with van der Waals surface area (Å²) in [6, 6.07) is 11.6. The fourth-order valence-electron chi connectivity index (χ4n) is 2.34. The zero-order chi connectivity index (χ0) is 16.8. The summed E-state index contributed by atoms with van der Waals surface area (Å²) in [5, 5.41) is 21.5. The number of hydrogen-bond acceptors (Lipinski definition) is 3. The summed E-state index contributed by atoms with van der Waals surface area (Å²) in [5.41, 5.74) is 1.94. The number of aromatic carboxylic acids is 2. The normalized spacial score (nSPS) is 10.3. The number of aryl methyl sites for hydroxylation is 1. The van der Waals surface area contributed by atoms with Gasteiger partial charge in [-0.05, 0) is 42.7 Å². The third kappa shape index (κ3) is 4.10. The van der Waals surface area contributed by atoms with Gasteiger partial charge >= 0.3 is 11.9 Å². The van der Waals surface area contributed by atoms with Crippen LogP contribution in [0, 0.1) is 0 Å². The summed E-state index contributed by atoms with van der Waals surface area (Å²) in [5.74, 6) is -2.11. The number of anilines is 2. The van der Waals surface area contributed by atoms with E-state index in [1.54, 1.807) is 30.3 Å². The molecule has 23 heavy (non-hydrogen) atoms. The zero-order valence-corrected chi connectivity index (χ0v) is 12.9. The highest BCUT2D eigenvalue weighted by Crippen LogP contribution is 2.25. The molecule has 0 aliphatic carbocycles. The maximum absolute atomic E-state index is 11.5. The first-order chi connectivity index (χ1) is 11.0. The summed E-state index contributed by atoms with van der Waals surface area (Å²) in [7, 11) is 0. The first kappa shape index (κ1) is 16.5. The van der Waals surface area contributed by atoms with Gasteiger partial charge in [-0.15, -0.1) is 0 Å². The molecule has 0 saturated carbocycles. The molecule has 0 amide bonds. The second-order valence-corrected chi connectivity index (χ2v) is 5.26. The molecule has 0 aliphatic heterocycles. The van der Waals surface area contributed by atoms with Gasteiger partial charge in [0.25, 0.3) is 0 Å². The van der Waals surface area contributed by atoms with Gasteiger partial charge in [0, 0.05) is 0 Å². The number of rotatable bonds is 7. The van der Waals surface area contributed by atoms with Crippen molar-refractivity contribution >= 4 is 23.3 Å². The number of carboxylic acid groups (broad SMARTS) is 2. The Morgan fingerprint density at radius 1 is 0.957 bits per heavy atom. The van der Waals surface area contributed by atoms with Crippen LogP contribution in [-0.4, -0.2) is 22.2 Å². The standard InChI is InChI=1S/C18H19NO4/c1-2-3-6-12-9-10-16(14(11-12)18(22)23)19-15-8-5-4-7-13(15)17(20)21/h4-5,7-11,19H,2-3,6H2,1H3,(H,20,21)(H,22,23). The minimum Gasteiger partial charge on any atom is -0.478 e. The number of nitrogens with one attached hydrogen (secondary N) is 1. The fourth-order valence-corrected chi connectivity index (χ4v) is 2.34. The SMILES string of the molecule is CCCCc1ccc(Nc2ccccc2C(=O)O)c(C(=O)O)c1. The first-order valence-electron chi connectivity index (χ1n) is 7.48. The maximum Gasteiger partial charge on any atom is 0.337 e. The average Bonchev–Trinajstić information content (AvgIpc) is 2.54. The maximum atomic E-state index is 11.5. The van der Waals surface area contributed by atoms with E-state index in [2.05, 4.69) is 12.2 Å². The molecule has 0 fully saturated rings. The number of carboxylic acids is 2. The van der Waals surface area contributed by atoms with Crippen LogP contribution in [-0.2, 0) is 6.42 Å². The Kier molecular flexibility index (Phi) is 5.36. The lowest BCUT2D eigenvalue weighted by molar-refractivity contribution is 0.0688. The Bertz CT molecular complexity index is 725. The highest BCUT2D eigenvalue weighted by Gasteiger charge is 2.14. The van der Waals surface area contributed by atoms with Crippen molar-refractivity contribution in [2.45, 2.75) is 26.2 Å². The van der Waals surface area contributed by atoms with Crippen LogP contribution >= 0.6 is 0 Å². The van der Waals surface area contributed by atoms with Crippen molar-refractivity contribution < 1.29 is 19.8 Å². The van der Waals surface area contributed by atoms with Gasteiger partial charge in [0.1, 0.15) is 0 Å². The van der Waals surface area contributed by atoms with Gasteiger partial charge in [-0.1, -0.05) is 31.5 Å². The number of unbranched alkanes of at least 4 members (excludes halogenated alkanes) is 1. The lowest BCUT2D eigenvalue weighted by atomic mass is 10.0. The van der Waals surface area contributed by atoms with E-state index >= 15 is 0 Å². The molecular formula is C18H19NO4. The first-order valence-corrected chi connectivity index (χ1v) is 7.48. The second kappa shape index (κ2) is 7.45. The van der Waals surface area contributed by atoms with Crippen molar-refractivity contribution in [2.24, 2.45) is 0 Å². The molecule has 120 valence electrons. The van der Waals surface area contributed by atoms with E-state index in [0.29, 0.717) is 11.4 Å². The minimum atomic E-state index is -1.07. The van der Waals surface area contributed by atoms with E-state index in [1.807, 2.05) is 6.07 Å².